The van der Waals surface area contributed by atoms with Crippen molar-refractivity contribution in [2.75, 3.05) is 16.8 Å². The van der Waals surface area contributed by atoms with Gasteiger partial charge in [-0.25, -0.2) is 4.68 Å². The number of rotatable bonds is 5. The van der Waals surface area contributed by atoms with Gasteiger partial charge in [-0.2, -0.15) is 0 Å². The zero-order valence-corrected chi connectivity index (χ0v) is 18.0. The lowest BCUT2D eigenvalue weighted by Gasteiger charge is -2.17. The summed E-state index contributed by atoms with van der Waals surface area (Å²) in [6.45, 7) is 4.17. The zero-order chi connectivity index (χ0) is 22.1. The summed E-state index contributed by atoms with van der Waals surface area (Å²) in [6.07, 6.45) is 1.05. The second kappa shape index (κ2) is 8.26. The van der Waals surface area contributed by atoms with E-state index in [2.05, 4.69) is 12.2 Å². The third-order valence-corrected chi connectivity index (χ3v) is 5.95. The molecule has 2 heterocycles. The van der Waals surface area contributed by atoms with Crippen molar-refractivity contribution >= 4 is 23.2 Å². The van der Waals surface area contributed by atoms with Crippen molar-refractivity contribution < 1.29 is 9.59 Å². The molecule has 4 rings (SSSR count). The van der Waals surface area contributed by atoms with Crippen LogP contribution in [-0.2, 0) is 23.1 Å². The second-order valence-electron chi connectivity index (χ2n) is 7.85. The Morgan fingerprint density at radius 3 is 2.35 bits per heavy atom. The molecule has 7 heteroatoms. The van der Waals surface area contributed by atoms with Gasteiger partial charge in [0.2, 0.25) is 11.8 Å². The fraction of sp³-hybridized carbons (Fsp3) is 0.292. The molecule has 0 bridgehead atoms. The van der Waals surface area contributed by atoms with E-state index < -0.39 is 5.92 Å². The molecule has 2 aromatic carbocycles. The fourth-order valence-corrected chi connectivity index (χ4v) is 3.98. The molecule has 1 aliphatic rings. The highest BCUT2D eigenvalue weighted by Crippen LogP contribution is 2.26. The molecule has 1 atom stereocenters. The number of carbonyl (C=O) groups is 2. The Labute approximate surface area is 180 Å². The lowest BCUT2D eigenvalue weighted by atomic mass is 10.1. The summed E-state index contributed by atoms with van der Waals surface area (Å²) in [5.41, 5.74) is 3.30. The molecule has 1 fully saturated rings. The molecule has 1 aromatic heterocycles. The molecule has 1 unspecified atom stereocenters. The Balaban J connectivity index is 1.54. The molecule has 31 heavy (non-hydrogen) atoms. The van der Waals surface area contributed by atoms with Gasteiger partial charge in [-0.1, -0.05) is 37.3 Å². The van der Waals surface area contributed by atoms with Gasteiger partial charge in [0.15, 0.2) is 0 Å². The molecule has 7 nitrogen and oxygen atoms in total. The van der Waals surface area contributed by atoms with E-state index in [4.69, 9.17) is 0 Å². The third-order valence-electron chi connectivity index (χ3n) is 5.95. The van der Waals surface area contributed by atoms with Crippen LogP contribution in [0.15, 0.2) is 59.4 Å². The van der Waals surface area contributed by atoms with Crippen molar-refractivity contribution in [3.05, 3.63) is 76.2 Å². The van der Waals surface area contributed by atoms with Gasteiger partial charge in [0.05, 0.1) is 17.3 Å². The smallest absolute Gasteiger partial charge is 0.295 e. The molecular weight excluding hydrogens is 392 g/mol. The largest absolute Gasteiger partial charge is 0.320 e. The summed E-state index contributed by atoms with van der Waals surface area (Å²) < 4.78 is 3.24. The second-order valence-corrected chi connectivity index (χ2v) is 7.85. The van der Waals surface area contributed by atoms with Gasteiger partial charge in [-0.3, -0.25) is 19.1 Å². The SMILES string of the molecule is CCc1ccc(N2CC(C(=O)Nc3c(C)n(C)n(-c4ccccc4)c3=O)CC2=O)cc1. The van der Waals surface area contributed by atoms with Gasteiger partial charge in [0.1, 0.15) is 5.69 Å². The maximum Gasteiger partial charge on any atom is 0.295 e. The molecule has 2 amide bonds. The lowest BCUT2D eigenvalue weighted by Crippen LogP contribution is -2.30. The quantitative estimate of drug-likeness (QED) is 0.692. The summed E-state index contributed by atoms with van der Waals surface area (Å²) >= 11 is 0. The minimum Gasteiger partial charge on any atom is -0.320 e. The number of carbonyl (C=O) groups excluding carboxylic acids is 2. The molecule has 0 spiro atoms. The van der Waals surface area contributed by atoms with E-state index in [1.54, 1.807) is 23.6 Å². The molecule has 1 N–H and O–H groups in total. The average Bonchev–Trinajstić information content (AvgIpc) is 3.27. The number of nitrogens with one attached hydrogen (secondary N) is 1. The summed E-state index contributed by atoms with van der Waals surface area (Å²) in [7, 11) is 1.78. The Morgan fingerprint density at radius 1 is 1.03 bits per heavy atom. The third kappa shape index (κ3) is 3.79. The summed E-state index contributed by atoms with van der Waals surface area (Å²) in [4.78, 5) is 40.2. The van der Waals surface area contributed by atoms with Gasteiger partial charge in [-0.05, 0) is 43.2 Å². The fourth-order valence-electron chi connectivity index (χ4n) is 3.98. The van der Waals surface area contributed by atoms with Crippen LogP contribution < -0.4 is 15.8 Å². The van der Waals surface area contributed by atoms with Crippen LogP contribution in [0.1, 0.15) is 24.6 Å². The minimum atomic E-state index is -0.512. The van der Waals surface area contributed by atoms with Crippen LogP contribution in [0.25, 0.3) is 5.69 Å². The maximum absolute atomic E-state index is 13.0. The molecular formula is C24H26N4O3. The first-order valence-corrected chi connectivity index (χ1v) is 10.4. The molecule has 0 aliphatic carbocycles. The Kier molecular flexibility index (Phi) is 5.50. The van der Waals surface area contributed by atoms with E-state index in [0.717, 1.165) is 17.8 Å². The molecule has 1 saturated heterocycles. The molecule has 1 aliphatic heterocycles. The zero-order valence-electron chi connectivity index (χ0n) is 18.0. The predicted molar refractivity (Wildman–Crippen MR) is 121 cm³/mol. The molecule has 0 radical (unpaired) electrons. The van der Waals surface area contributed by atoms with Crippen LogP contribution in [0.4, 0.5) is 11.4 Å². The van der Waals surface area contributed by atoms with Gasteiger partial charge in [0, 0.05) is 25.7 Å². The van der Waals surface area contributed by atoms with E-state index in [0.29, 0.717) is 12.2 Å². The van der Waals surface area contributed by atoms with E-state index in [1.165, 1.54) is 10.2 Å². The topological polar surface area (TPSA) is 76.3 Å². The van der Waals surface area contributed by atoms with Crippen molar-refractivity contribution in [1.29, 1.82) is 0 Å². The maximum atomic E-state index is 13.0. The predicted octanol–water partition coefficient (Wildman–Crippen LogP) is 3.04. The standard InChI is InChI=1S/C24H26N4O3/c1-4-17-10-12-19(13-11-17)27-15-18(14-21(27)29)23(30)25-22-16(2)26(3)28(24(22)31)20-8-6-5-7-9-20/h5-13,18H,4,14-15H2,1-3H3,(H,25,30). The van der Waals surface area contributed by atoms with Crippen LogP contribution in [0.5, 0.6) is 0 Å². The van der Waals surface area contributed by atoms with Crippen molar-refractivity contribution in [2.24, 2.45) is 13.0 Å². The van der Waals surface area contributed by atoms with E-state index in [-0.39, 0.29) is 29.5 Å². The number of hydrogen-bond acceptors (Lipinski definition) is 3. The number of hydrogen-bond donors (Lipinski definition) is 1. The number of benzene rings is 2. The van der Waals surface area contributed by atoms with Crippen LogP contribution in [0.3, 0.4) is 0 Å². The van der Waals surface area contributed by atoms with E-state index in [1.807, 2.05) is 54.6 Å². The summed E-state index contributed by atoms with van der Waals surface area (Å²) in [5.74, 6) is -0.912. The van der Waals surface area contributed by atoms with E-state index in [9.17, 15) is 14.4 Å². The van der Waals surface area contributed by atoms with Crippen LogP contribution in [0, 0.1) is 12.8 Å². The summed E-state index contributed by atoms with van der Waals surface area (Å²) in [5, 5.41) is 2.79. The Hall–Kier alpha value is -3.61. The van der Waals surface area contributed by atoms with Gasteiger partial charge >= 0.3 is 0 Å². The minimum absolute atomic E-state index is 0.0871. The number of aryl methyl sites for hydroxylation is 1. The number of nitrogens with zero attached hydrogens (tertiary/aromatic N) is 3. The van der Waals surface area contributed by atoms with Crippen LogP contribution in [-0.4, -0.2) is 27.7 Å². The highest BCUT2D eigenvalue weighted by atomic mass is 16.2. The number of para-hydroxylation sites is 1. The first-order valence-electron chi connectivity index (χ1n) is 10.4. The Morgan fingerprint density at radius 2 is 1.71 bits per heavy atom. The molecule has 3 aromatic rings. The number of anilines is 2. The first kappa shape index (κ1) is 20.7. The highest BCUT2D eigenvalue weighted by Gasteiger charge is 2.36. The Bertz CT molecular complexity index is 1180. The van der Waals surface area contributed by atoms with Crippen molar-refractivity contribution in [3.63, 3.8) is 0 Å². The van der Waals surface area contributed by atoms with Crippen LogP contribution >= 0.6 is 0 Å². The van der Waals surface area contributed by atoms with E-state index >= 15 is 0 Å². The van der Waals surface area contributed by atoms with Gasteiger partial charge in [0.25, 0.3) is 5.56 Å². The highest BCUT2D eigenvalue weighted by molar-refractivity contribution is 6.03. The van der Waals surface area contributed by atoms with Crippen molar-refractivity contribution in [3.8, 4) is 5.69 Å². The van der Waals surface area contributed by atoms with Crippen molar-refractivity contribution in [2.45, 2.75) is 26.7 Å². The lowest BCUT2D eigenvalue weighted by molar-refractivity contribution is -0.122. The average molecular weight is 418 g/mol. The first-order chi connectivity index (χ1) is 14.9. The monoisotopic (exact) mass is 418 g/mol. The van der Waals surface area contributed by atoms with Crippen molar-refractivity contribution in [1.82, 2.24) is 9.36 Å². The molecule has 0 saturated carbocycles. The number of amides is 2. The van der Waals surface area contributed by atoms with Gasteiger partial charge < -0.3 is 10.2 Å². The normalized spacial score (nSPS) is 16.0. The summed E-state index contributed by atoms with van der Waals surface area (Å²) in [6, 6.07) is 17.1. The van der Waals surface area contributed by atoms with Gasteiger partial charge in [-0.15, -0.1) is 0 Å². The molecule has 160 valence electrons. The number of aromatic nitrogens is 2. The van der Waals surface area contributed by atoms with Crippen LogP contribution in [0.2, 0.25) is 0 Å².